The van der Waals surface area contributed by atoms with Gasteiger partial charge in [0, 0.05) is 23.4 Å². The predicted octanol–water partition coefficient (Wildman–Crippen LogP) is 3.93. The second-order valence-corrected chi connectivity index (χ2v) is 5.46. The van der Waals surface area contributed by atoms with Crippen LogP contribution in [0.2, 0.25) is 5.02 Å². The number of benzene rings is 1. The molecule has 0 fully saturated rings. The van der Waals surface area contributed by atoms with Crippen molar-refractivity contribution in [2.75, 3.05) is 13.6 Å². The van der Waals surface area contributed by atoms with Gasteiger partial charge < -0.3 is 5.32 Å². The number of nitrogens with one attached hydrogen (secondary N) is 1. The molecule has 0 saturated heterocycles. The maximum absolute atomic E-state index is 13.1. The highest BCUT2D eigenvalue weighted by molar-refractivity contribution is 7.10. The molecule has 1 aromatic carbocycles. The Morgan fingerprint density at radius 1 is 1.50 bits per heavy atom. The molecular formula is C13H14ClFN2S. The molecule has 1 unspecified atom stereocenters. The van der Waals surface area contributed by atoms with E-state index in [1.165, 1.54) is 6.07 Å². The molecule has 0 bridgehead atoms. The van der Waals surface area contributed by atoms with Gasteiger partial charge in [-0.2, -0.15) is 0 Å². The minimum atomic E-state index is -0.403. The van der Waals surface area contributed by atoms with Gasteiger partial charge >= 0.3 is 0 Å². The maximum Gasteiger partial charge on any atom is 0.141 e. The molecule has 1 aromatic heterocycles. The van der Waals surface area contributed by atoms with Crippen molar-refractivity contribution in [2.24, 2.45) is 0 Å². The minimum absolute atomic E-state index is 0.130. The highest BCUT2D eigenvalue weighted by Crippen LogP contribution is 2.28. The molecule has 1 N–H and O–H groups in total. The van der Waals surface area contributed by atoms with E-state index >= 15 is 0 Å². The van der Waals surface area contributed by atoms with Crippen molar-refractivity contribution < 1.29 is 4.39 Å². The van der Waals surface area contributed by atoms with Crippen molar-refractivity contribution in [3.63, 3.8) is 0 Å². The summed E-state index contributed by atoms with van der Waals surface area (Å²) in [6.45, 7) is 3.01. The van der Waals surface area contributed by atoms with Crippen LogP contribution in [-0.2, 0) is 0 Å². The van der Waals surface area contributed by atoms with E-state index < -0.39 is 5.82 Å². The number of aromatic nitrogens is 1. The molecular weight excluding hydrogens is 271 g/mol. The highest BCUT2D eigenvalue weighted by Gasteiger charge is 2.11. The number of rotatable bonds is 4. The van der Waals surface area contributed by atoms with Crippen LogP contribution in [0.25, 0.3) is 11.3 Å². The van der Waals surface area contributed by atoms with Crippen LogP contribution >= 0.6 is 22.9 Å². The van der Waals surface area contributed by atoms with Crippen LogP contribution in [0.1, 0.15) is 17.8 Å². The van der Waals surface area contributed by atoms with Crippen LogP contribution in [0.5, 0.6) is 0 Å². The van der Waals surface area contributed by atoms with E-state index in [2.05, 4.69) is 17.2 Å². The van der Waals surface area contributed by atoms with Crippen molar-refractivity contribution in [1.29, 1.82) is 0 Å². The molecule has 0 spiro atoms. The molecule has 2 aromatic rings. The van der Waals surface area contributed by atoms with E-state index in [1.807, 2.05) is 12.4 Å². The van der Waals surface area contributed by atoms with Crippen molar-refractivity contribution in [1.82, 2.24) is 10.3 Å². The Hall–Kier alpha value is -0.970. The normalized spacial score (nSPS) is 12.7. The van der Waals surface area contributed by atoms with Gasteiger partial charge in [0.15, 0.2) is 0 Å². The first kappa shape index (κ1) is 13.5. The van der Waals surface area contributed by atoms with Gasteiger partial charge in [0.25, 0.3) is 0 Å². The largest absolute Gasteiger partial charge is 0.319 e. The molecule has 0 amide bonds. The second-order valence-electron chi connectivity index (χ2n) is 4.16. The number of hydrogen-bond donors (Lipinski definition) is 1. The van der Waals surface area contributed by atoms with Gasteiger partial charge in [0.2, 0.25) is 0 Å². The molecule has 2 nitrogen and oxygen atoms in total. The predicted molar refractivity (Wildman–Crippen MR) is 74.9 cm³/mol. The molecule has 0 aliphatic heterocycles. The second kappa shape index (κ2) is 5.78. The Kier molecular flexibility index (Phi) is 4.32. The van der Waals surface area contributed by atoms with Gasteiger partial charge in [0.05, 0.1) is 15.7 Å². The summed E-state index contributed by atoms with van der Waals surface area (Å²) in [6.07, 6.45) is 0. The Balaban J connectivity index is 2.26. The fraction of sp³-hybridized carbons (Fsp3) is 0.308. The van der Waals surface area contributed by atoms with Crippen molar-refractivity contribution in [3.05, 3.63) is 39.4 Å². The van der Waals surface area contributed by atoms with E-state index in [1.54, 1.807) is 23.5 Å². The molecule has 18 heavy (non-hydrogen) atoms. The molecule has 0 saturated carbocycles. The third-order valence-corrected chi connectivity index (χ3v) is 4.04. The Morgan fingerprint density at radius 3 is 2.94 bits per heavy atom. The van der Waals surface area contributed by atoms with E-state index in [9.17, 15) is 4.39 Å². The van der Waals surface area contributed by atoms with Gasteiger partial charge in [-0.3, -0.25) is 0 Å². The van der Waals surface area contributed by atoms with E-state index in [0.29, 0.717) is 5.92 Å². The summed E-state index contributed by atoms with van der Waals surface area (Å²) in [5.74, 6) is -0.0379. The summed E-state index contributed by atoms with van der Waals surface area (Å²) < 4.78 is 13.1. The molecule has 5 heteroatoms. The lowest BCUT2D eigenvalue weighted by Crippen LogP contribution is -2.14. The van der Waals surface area contributed by atoms with Crippen LogP contribution in [-0.4, -0.2) is 18.6 Å². The van der Waals surface area contributed by atoms with Crippen LogP contribution in [0.3, 0.4) is 0 Å². The van der Waals surface area contributed by atoms with Crippen LogP contribution in [0, 0.1) is 5.82 Å². The average molecular weight is 285 g/mol. The van der Waals surface area contributed by atoms with Crippen molar-refractivity contribution in [2.45, 2.75) is 12.8 Å². The van der Waals surface area contributed by atoms with Gasteiger partial charge in [-0.05, 0) is 25.2 Å². The summed E-state index contributed by atoms with van der Waals surface area (Å²) in [5, 5.41) is 6.30. The zero-order valence-corrected chi connectivity index (χ0v) is 11.8. The lowest BCUT2D eigenvalue weighted by atomic mass is 10.1. The Labute approximate surface area is 115 Å². The van der Waals surface area contributed by atoms with Gasteiger partial charge in [-0.15, -0.1) is 11.3 Å². The number of halogens is 2. The standard InChI is InChI=1S/C13H14ClFN2S/c1-8(6-16-2)13-17-12(7-18-13)9-3-4-11(15)10(14)5-9/h3-5,7-8,16H,6H2,1-2H3. The lowest BCUT2D eigenvalue weighted by Gasteiger charge is -2.05. The maximum atomic E-state index is 13.1. The number of likely N-dealkylation sites (N-methyl/N-ethyl adjacent to an activating group) is 1. The molecule has 1 atom stereocenters. The zero-order chi connectivity index (χ0) is 13.1. The first-order chi connectivity index (χ1) is 8.61. The first-order valence-corrected chi connectivity index (χ1v) is 6.93. The average Bonchev–Trinajstić information content (AvgIpc) is 2.82. The van der Waals surface area contributed by atoms with Gasteiger partial charge in [-0.1, -0.05) is 18.5 Å². The van der Waals surface area contributed by atoms with Crippen LogP contribution in [0.15, 0.2) is 23.6 Å². The molecule has 96 valence electrons. The third-order valence-electron chi connectivity index (χ3n) is 2.67. The summed E-state index contributed by atoms with van der Waals surface area (Å²) in [6, 6.07) is 4.68. The molecule has 2 rings (SSSR count). The van der Waals surface area contributed by atoms with E-state index in [4.69, 9.17) is 11.6 Å². The minimum Gasteiger partial charge on any atom is -0.319 e. The quantitative estimate of drug-likeness (QED) is 0.920. The summed E-state index contributed by atoms with van der Waals surface area (Å²) >= 11 is 7.39. The summed E-state index contributed by atoms with van der Waals surface area (Å²) in [7, 11) is 1.92. The zero-order valence-electron chi connectivity index (χ0n) is 10.2. The number of hydrogen-bond acceptors (Lipinski definition) is 3. The van der Waals surface area contributed by atoms with E-state index in [0.717, 1.165) is 22.8 Å². The van der Waals surface area contributed by atoms with Gasteiger partial charge in [0.1, 0.15) is 5.82 Å². The van der Waals surface area contributed by atoms with Crippen LogP contribution < -0.4 is 5.32 Å². The smallest absolute Gasteiger partial charge is 0.141 e. The summed E-state index contributed by atoms with van der Waals surface area (Å²) in [4.78, 5) is 4.57. The lowest BCUT2D eigenvalue weighted by molar-refractivity contribution is 0.628. The Bertz CT molecular complexity index is 542. The van der Waals surface area contributed by atoms with Crippen molar-refractivity contribution in [3.8, 4) is 11.3 Å². The highest BCUT2D eigenvalue weighted by atomic mass is 35.5. The Morgan fingerprint density at radius 2 is 2.28 bits per heavy atom. The molecule has 0 radical (unpaired) electrons. The molecule has 0 aliphatic rings. The van der Waals surface area contributed by atoms with Crippen LogP contribution in [0.4, 0.5) is 4.39 Å². The monoisotopic (exact) mass is 284 g/mol. The van der Waals surface area contributed by atoms with Gasteiger partial charge in [-0.25, -0.2) is 9.37 Å². The number of nitrogens with zero attached hydrogens (tertiary/aromatic N) is 1. The first-order valence-electron chi connectivity index (χ1n) is 5.67. The fourth-order valence-corrected chi connectivity index (χ4v) is 2.76. The molecule has 1 heterocycles. The summed E-state index contributed by atoms with van der Waals surface area (Å²) in [5.41, 5.74) is 1.69. The molecule has 0 aliphatic carbocycles. The fourth-order valence-electron chi connectivity index (χ4n) is 1.70. The SMILES string of the molecule is CNCC(C)c1nc(-c2ccc(F)c(Cl)c2)cs1. The number of thiazole rings is 1. The van der Waals surface area contributed by atoms with E-state index in [-0.39, 0.29) is 5.02 Å². The third kappa shape index (κ3) is 2.88. The topological polar surface area (TPSA) is 24.9 Å². The van der Waals surface area contributed by atoms with Crippen molar-refractivity contribution >= 4 is 22.9 Å².